The topological polar surface area (TPSA) is 49.4 Å². The van der Waals surface area contributed by atoms with Crippen molar-refractivity contribution >= 4 is 46.6 Å². The third-order valence-electron chi connectivity index (χ3n) is 3.83. The molecule has 0 aliphatic carbocycles. The zero-order chi connectivity index (χ0) is 17.8. The van der Waals surface area contributed by atoms with E-state index in [1.54, 1.807) is 18.2 Å². The van der Waals surface area contributed by atoms with E-state index in [-0.39, 0.29) is 18.4 Å². The molecule has 128 valence electrons. The van der Waals surface area contributed by atoms with Crippen LogP contribution in [-0.2, 0) is 9.59 Å². The van der Waals surface area contributed by atoms with Crippen LogP contribution in [0.1, 0.15) is 11.1 Å². The smallest absolute Gasteiger partial charge is 0.244 e. The Labute approximate surface area is 155 Å². The lowest BCUT2D eigenvalue weighted by Crippen LogP contribution is -2.39. The maximum Gasteiger partial charge on any atom is 0.244 e. The first-order chi connectivity index (χ1) is 12.0. The largest absolute Gasteiger partial charge is 0.324 e. The monoisotopic (exact) mass is 372 g/mol. The van der Waals surface area contributed by atoms with Gasteiger partial charge >= 0.3 is 0 Å². The molecule has 25 heavy (non-hydrogen) atoms. The van der Waals surface area contributed by atoms with Crippen LogP contribution < -0.4 is 5.32 Å². The van der Waals surface area contributed by atoms with E-state index in [1.165, 1.54) is 16.7 Å². The Morgan fingerprint density at radius 3 is 2.72 bits per heavy atom. The molecule has 0 spiro atoms. The standard InChI is InChI=1S/C19H17ClN2O2S/c1-13-9-15(20)7-8-16(13)21-18(23)10-22-17(11-25-12-19(22)24)14-5-3-2-4-6-14/h2-9,11H,10,12H2,1H3,(H,21,23). The van der Waals surface area contributed by atoms with Gasteiger partial charge in [-0.25, -0.2) is 0 Å². The molecule has 0 saturated carbocycles. The van der Waals surface area contributed by atoms with E-state index < -0.39 is 0 Å². The van der Waals surface area contributed by atoms with Gasteiger partial charge in [0.2, 0.25) is 11.8 Å². The third-order valence-corrected chi connectivity index (χ3v) is 4.87. The zero-order valence-electron chi connectivity index (χ0n) is 13.7. The van der Waals surface area contributed by atoms with Crippen molar-refractivity contribution in [3.63, 3.8) is 0 Å². The van der Waals surface area contributed by atoms with Gasteiger partial charge in [0.05, 0.1) is 11.4 Å². The Balaban J connectivity index is 1.77. The van der Waals surface area contributed by atoms with E-state index in [9.17, 15) is 9.59 Å². The van der Waals surface area contributed by atoms with Crippen LogP contribution in [0.15, 0.2) is 53.9 Å². The van der Waals surface area contributed by atoms with Crippen molar-refractivity contribution in [2.75, 3.05) is 17.6 Å². The highest BCUT2D eigenvalue weighted by atomic mass is 35.5. The zero-order valence-corrected chi connectivity index (χ0v) is 15.2. The third kappa shape index (κ3) is 4.24. The molecule has 1 N–H and O–H groups in total. The molecule has 0 atom stereocenters. The van der Waals surface area contributed by atoms with Crippen LogP contribution in [0.25, 0.3) is 5.70 Å². The number of hydrogen-bond acceptors (Lipinski definition) is 3. The van der Waals surface area contributed by atoms with Crippen LogP contribution in [-0.4, -0.2) is 29.0 Å². The predicted octanol–water partition coefficient (Wildman–Crippen LogP) is 4.16. The molecule has 2 aromatic rings. The summed E-state index contributed by atoms with van der Waals surface area (Å²) in [5.74, 6) is 0.0191. The highest BCUT2D eigenvalue weighted by molar-refractivity contribution is 8.03. The van der Waals surface area contributed by atoms with Crippen LogP contribution in [0.5, 0.6) is 0 Å². The number of carbonyl (C=O) groups excluding carboxylic acids is 2. The average Bonchev–Trinajstić information content (AvgIpc) is 2.60. The molecule has 0 aromatic heterocycles. The minimum absolute atomic E-state index is 0.0256. The highest BCUT2D eigenvalue weighted by Gasteiger charge is 2.25. The van der Waals surface area contributed by atoms with E-state index in [2.05, 4.69) is 5.32 Å². The van der Waals surface area contributed by atoms with Crippen LogP contribution in [0, 0.1) is 6.92 Å². The number of thioether (sulfide) groups is 1. The van der Waals surface area contributed by atoms with Gasteiger partial charge in [0, 0.05) is 10.7 Å². The lowest BCUT2D eigenvalue weighted by atomic mass is 10.1. The van der Waals surface area contributed by atoms with Gasteiger partial charge in [0.15, 0.2) is 0 Å². The highest BCUT2D eigenvalue weighted by Crippen LogP contribution is 2.28. The normalized spacial score (nSPS) is 14.2. The van der Waals surface area contributed by atoms with Crippen LogP contribution in [0.2, 0.25) is 5.02 Å². The summed E-state index contributed by atoms with van der Waals surface area (Å²) in [6.07, 6.45) is 0. The van der Waals surface area contributed by atoms with Gasteiger partial charge in [-0.1, -0.05) is 41.9 Å². The number of benzene rings is 2. The Kier molecular flexibility index (Phi) is 5.46. The molecule has 3 rings (SSSR count). The van der Waals surface area contributed by atoms with Crippen molar-refractivity contribution in [2.45, 2.75) is 6.92 Å². The second-order valence-corrected chi connectivity index (χ2v) is 6.96. The maximum atomic E-state index is 12.5. The molecule has 0 radical (unpaired) electrons. The number of carbonyl (C=O) groups is 2. The number of hydrogen-bond donors (Lipinski definition) is 1. The fraction of sp³-hybridized carbons (Fsp3) is 0.158. The summed E-state index contributed by atoms with van der Waals surface area (Å²) >= 11 is 7.39. The van der Waals surface area contributed by atoms with Crippen molar-refractivity contribution in [2.24, 2.45) is 0 Å². The molecule has 1 aliphatic rings. The minimum Gasteiger partial charge on any atom is -0.324 e. The SMILES string of the molecule is Cc1cc(Cl)ccc1NC(=O)CN1C(=O)CSC=C1c1ccccc1. The van der Waals surface area contributed by atoms with Crippen LogP contribution in [0.3, 0.4) is 0 Å². The summed E-state index contributed by atoms with van der Waals surface area (Å²) in [7, 11) is 0. The maximum absolute atomic E-state index is 12.5. The summed E-state index contributed by atoms with van der Waals surface area (Å²) < 4.78 is 0. The Bertz CT molecular complexity index is 837. The number of nitrogens with one attached hydrogen (secondary N) is 1. The van der Waals surface area contributed by atoms with Gasteiger partial charge in [-0.15, -0.1) is 11.8 Å². The van der Waals surface area contributed by atoms with E-state index in [0.29, 0.717) is 16.5 Å². The van der Waals surface area contributed by atoms with Gasteiger partial charge in [0.1, 0.15) is 6.54 Å². The van der Waals surface area contributed by atoms with Crippen LogP contribution >= 0.6 is 23.4 Å². The quantitative estimate of drug-likeness (QED) is 0.876. The first-order valence-electron chi connectivity index (χ1n) is 7.78. The van der Waals surface area contributed by atoms with Crippen molar-refractivity contribution < 1.29 is 9.59 Å². The lowest BCUT2D eigenvalue weighted by Gasteiger charge is -2.28. The summed E-state index contributed by atoms with van der Waals surface area (Å²) in [4.78, 5) is 26.3. The van der Waals surface area contributed by atoms with Crippen molar-refractivity contribution in [3.8, 4) is 0 Å². The van der Waals surface area contributed by atoms with E-state index >= 15 is 0 Å². The van der Waals surface area contributed by atoms with E-state index in [4.69, 9.17) is 11.6 Å². The molecule has 1 aliphatic heterocycles. The van der Waals surface area contributed by atoms with Crippen molar-refractivity contribution in [1.82, 2.24) is 4.90 Å². The summed E-state index contributed by atoms with van der Waals surface area (Å²) in [6, 6.07) is 14.9. The number of amides is 2. The molecular formula is C19H17ClN2O2S. The molecule has 0 unspecified atom stereocenters. The fourth-order valence-electron chi connectivity index (χ4n) is 2.57. The molecule has 0 saturated heterocycles. The van der Waals surface area contributed by atoms with Gasteiger partial charge in [-0.3, -0.25) is 9.59 Å². The van der Waals surface area contributed by atoms with Gasteiger partial charge in [-0.05, 0) is 41.7 Å². The summed E-state index contributed by atoms with van der Waals surface area (Å²) in [5, 5.41) is 5.40. The number of rotatable bonds is 4. The first-order valence-corrected chi connectivity index (χ1v) is 9.21. The molecule has 0 fully saturated rings. The number of halogens is 1. The lowest BCUT2D eigenvalue weighted by molar-refractivity contribution is -0.129. The number of anilines is 1. The molecule has 4 nitrogen and oxygen atoms in total. The Hall–Kier alpha value is -2.24. The van der Waals surface area contributed by atoms with Gasteiger partial charge < -0.3 is 10.2 Å². The molecule has 2 amide bonds. The second-order valence-electron chi connectivity index (χ2n) is 5.67. The van der Waals surface area contributed by atoms with E-state index in [0.717, 1.165) is 16.8 Å². The predicted molar refractivity (Wildman–Crippen MR) is 103 cm³/mol. The van der Waals surface area contributed by atoms with Crippen LogP contribution in [0.4, 0.5) is 5.69 Å². The molecule has 2 aromatic carbocycles. The van der Waals surface area contributed by atoms with E-state index in [1.807, 2.05) is 42.7 Å². The first kappa shape index (κ1) is 17.6. The number of aryl methyl sites for hydroxylation is 1. The second kappa shape index (κ2) is 7.76. The molecule has 6 heteroatoms. The fourth-order valence-corrected chi connectivity index (χ4v) is 3.60. The summed E-state index contributed by atoms with van der Waals surface area (Å²) in [5.41, 5.74) is 3.24. The molecule has 1 heterocycles. The Morgan fingerprint density at radius 1 is 1.24 bits per heavy atom. The van der Waals surface area contributed by atoms with Crippen molar-refractivity contribution in [1.29, 1.82) is 0 Å². The van der Waals surface area contributed by atoms with Gasteiger partial charge in [0.25, 0.3) is 0 Å². The van der Waals surface area contributed by atoms with Gasteiger partial charge in [-0.2, -0.15) is 0 Å². The molecule has 0 bridgehead atoms. The Morgan fingerprint density at radius 2 is 2.00 bits per heavy atom. The minimum atomic E-state index is -0.243. The van der Waals surface area contributed by atoms with Crippen molar-refractivity contribution in [3.05, 3.63) is 70.1 Å². The molecular weight excluding hydrogens is 356 g/mol. The summed E-state index contributed by atoms with van der Waals surface area (Å²) in [6.45, 7) is 1.85. The average molecular weight is 373 g/mol. The number of nitrogens with zero attached hydrogens (tertiary/aromatic N) is 1.